The molecule has 3 heteroatoms. The summed E-state index contributed by atoms with van der Waals surface area (Å²) in [6.07, 6.45) is 3.40. The van der Waals surface area contributed by atoms with E-state index in [9.17, 15) is 0 Å². The average Bonchev–Trinajstić information content (AvgIpc) is 3.23. The van der Waals surface area contributed by atoms with Gasteiger partial charge in [0, 0.05) is 49.8 Å². The molecule has 25 heavy (non-hydrogen) atoms. The number of nitrogens with zero attached hydrogens (tertiary/aromatic N) is 3. The number of benzene rings is 2. The molecule has 130 valence electrons. The molecule has 1 aromatic heterocycles. The minimum atomic E-state index is 0.705. The molecule has 0 amide bonds. The third-order valence-electron chi connectivity index (χ3n) is 5.56. The van der Waals surface area contributed by atoms with Gasteiger partial charge in [-0.1, -0.05) is 30.3 Å². The SMILES string of the molecule is CN(C)C1CCN(Cc2ccc(-c3ccc4c(ccn4C)c3)cc2)C1. The number of fused-ring (bicyclic) bond motifs is 1. The highest BCUT2D eigenvalue weighted by Crippen LogP contribution is 2.26. The molecule has 0 spiro atoms. The Hall–Kier alpha value is -2.10. The second-order valence-corrected chi connectivity index (χ2v) is 7.54. The van der Waals surface area contributed by atoms with Gasteiger partial charge in [-0.05, 0) is 55.4 Å². The molecule has 4 rings (SSSR count). The standard InChI is InChI=1S/C22H27N3/c1-23(2)21-11-13-25(16-21)15-17-4-6-18(7-5-17)19-8-9-22-20(14-19)10-12-24(22)3/h4-10,12,14,21H,11,13,15-16H2,1-3H3. The van der Waals surface area contributed by atoms with Gasteiger partial charge in [0.1, 0.15) is 0 Å². The largest absolute Gasteiger partial charge is 0.351 e. The second kappa shape index (κ2) is 6.66. The van der Waals surface area contributed by atoms with Crippen LogP contribution >= 0.6 is 0 Å². The Morgan fingerprint density at radius 2 is 1.76 bits per heavy atom. The maximum Gasteiger partial charge on any atom is 0.0478 e. The van der Waals surface area contributed by atoms with Crippen molar-refractivity contribution in [3.8, 4) is 11.1 Å². The van der Waals surface area contributed by atoms with Crippen LogP contribution in [0.1, 0.15) is 12.0 Å². The number of hydrogen-bond donors (Lipinski definition) is 0. The van der Waals surface area contributed by atoms with Crippen LogP contribution in [0.2, 0.25) is 0 Å². The zero-order valence-electron chi connectivity index (χ0n) is 15.4. The third-order valence-corrected chi connectivity index (χ3v) is 5.56. The Kier molecular flexibility index (Phi) is 4.36. The summed E-state index contributed by atoms with van der Waals surface area (Å²) in [5.41, 5.74) is 5.27. The topological polar surface area (TPSA) is 11.4 Å². The van der Waals surface area contributed by atoms with Crippen molar-refractivity contribution in [1.29, 1.82) is 0 Å². The molecule has 0 N–H and O–H groups in total. The van der Waals surface area contributed by atoms with E-state index in [4.69, 9.17) is 0 Å². The Morgan fingerprint density at radius 3 is 2.48 bits per heavy atom. The Labute approximate surface area is 150 Å². The molecule has 0 bridgehead atoms. The smallest absolute Gasteiger partial charge is 0.0478 e. The van der Waals surface area contributed by atoms with Crippen LogP contribution in [0.25, 0.3) is 22.0 Å². The number of rotatable bonds is 4. The highest BCUT2D eigenvalue weighted by molar-refractivity contribution is 5.85. The lowest BCUT2D eigenvalue weighted by atomic mass is 10.0. The van der Waals surface area contributed by atoms with Crippen LogP contribution in [-0.2, 0) is 13.6 Å². The molecule has 0 aliphatic carbocycles. The maximum absolute atomic E-state index is 2.57. The lowest BCUT2D eigenvalue weighted by Crippen LogP contribution is -2.31. The zero-order chi connectivity index (χ0) is 17.4. The summed E-state index contributed by atoms with van der Waals surface area (Å²) >= 11 is 0. The number of likely N-dealkylation sites (tertiary alicyclic amines) is 1. The van der Waals surface area contributed by atoms with Gasteiger partial charge in [-0.25, -0.2) is 0 Å². The van der Waals surface area contributed by atoms with Crippen molar-refractivity contribution >= 4 is 10.9 Å². The van der Waals surface area contributed by atoms with Crippen molar-refractivity contribution in [2.75, 3.05) is 27.2 Å². The molecule has 1 fully saturated rings. The number of hydrogen-bond acceptors (Lipinski definition) is 2. The van der Waals surface area contributed by atoms with Crippen LogP contribution in [0.5, 0.6) is 0 Å². The summed E-state index contributed by atoms with van der Waals surface area (Å²) in [6, 6.07) is 18.7. The highest BCUT2D eigenvalue weighted by Gasteiger charge is 2.23. The fourth-order valence-electron chi connectivity index (χ4n) is 3.90. The lowest BCUT2D eigenvalue weighted by molar-refractivity contribution is 0.264. The van der Waals surface area contributed by atoms with Crippen molar-refractivity contribution in [1.82, 2.24) is 14.4 Å². The predicted octanol–water partition coefficient (Wildman–Crippen LogP) is 3.98. The van der Waals surface area contributed by atoms with Crippen molar-refractivity contribution in [3.63, 3.8) is 0 Å². The minimum Gasteiger partial charge on any atom is -0.351 e. The van der Waals surface area contributed by atoms with Gasteiger partial charge in [0.25, 0.3) is 0 Å². The fraction of sp³-hybridized carbons (Fsp3) is 0.364. The molecule has 1 aliphatic heterocycles. The second-order valence-electron chi connectivity index (χ2n) is 7.54. The van der Waals surface area contributed by atoms with E-state index in [-0.39, 0.29) is 0 Å². The molecular formula is C22H27N3. The van der Waals surface area contributed by atoms with Gasteiger partial charge in [0.05, 0.1) is 0 Å². The van der Waals surface area contributed by atoms with E-state index in [0.29, 0.717) is 6.04 Å². The monoisotopic (exact) mass is 333 g/mol. The molecule has 1 unspecified atom stereocenters. The van der Waals surface area contributed by atoms with Gasteiger partial charge >= 0.3 is 0 Å². The van der Waals surface area contributed by atoms with E-state index in [2.05, 4.69) is 90.2 Å². The number of aromatic nitrogens is 1. The van der Waals surface area contributed by atoms with Gasteiger partial charge in [0.2, 0.25) is 0 Å². The molecule has 3 nitrogen and oxygen atoms in total. The summed E-state index contributed by atoms with van der Waals surface area (Å²) in [7, 11) is 6.47. The van der Waals surface area contributed by atoms with Gasteiger partial charge in [-0.2, -0.15) is 0 Å². The molecule has 0 radical (unpaired) electrons. The van der Waals surface area contributed by atoms with Crippen LogP contribution in [-0.4, -0.2) is 47.6 Å². The highest BCUT2D eigenvalue weighted by atomic mass is 15.2. The van der Waals surface area contributed by atoms with Gasteiger partial charge < -0.3 is 9.47 Å². The van der Waals surface area contributed by atoms with Crippen LogP contribution in [0, 0.1) is 0 Å². The first-order chi connectivity index (χ1) is 12.1. The molecule has 0 saturated carbocycles. The van der Waals surface area contributed by atoms with Crippen LogP contribution in [0.15, 0.2) is 54.7 Å². The summed E-state index contributed by atoms with van der Waals surface area (Å²) in [6.45, 7) is 3.44. The molecule has 1 aliphatic rings. The van der Waals surface area contributed by atoms with Crippen LogP contribution in [0.3, 0.4) is 0 Å². The van der Waals surface area contributed by atoms with E-state index in [0.717, 1.165) is 6.54 Å². The predicted molar refractivity (Wildman–Crippen MR) is 106 cm³/mol. The van der Waals surface area contributed by atoms with E-state index in [1.807, 2.05) is 0 Å². The molecule has 3 aromatic rings. The summed E-state index contributed by atoms with van der Waals surface area (Å²) in [5.74, 6) is 0. The minimum absolute atomic E-state index is 0.705. The van der Waals surface area contributed by atoms with Crippen LogP contribution < -0.4 is 0 Å². The first-order valence-electron chi connectivity index (χ1n) is 9.13. The van der Waals surface area contributed by atoms with Crippen molar-refractivity contribution < 1.29 is 0 Å². The first-order valence-corrected chi connectivity index (χ1v) is 9.13. The quantitative estimate of drug-likeness (QED) is 0.715. The Morgan fingerprint density at radius 1 is 1.00 bits per heavy atom. The molecule has 1 atom stereocenters. The lowest BCUT2D eigenvalue weighted by Gasteiger charge is -2.20. The van der Waals surface area contributed by atoms with Crippen molar-refractivity contribution in [3.05, 3.63) is 60.3 Å². The Bertz CT molecular complexity index is 861. The summed E-state index contributed by atoms with van der Waals surface area (Å²) < 4.78 is 2.17. The summed E-state index contributed by atoms with van der Waals surface area (Å²) in [5, 5.41) is 1.30. The molecule has 2 aromatic carbocycles. The Balaban J connectivity index is 1.48. The average molecular weight is 333 g/mol. The van der Waals surface area contributed by atoms with Crippen molar-refractivity contribution in [2.24, 2.45) is 7.05 Å². The van der Waals surface area contributed by atoms with E-state index in [1.165, 1.54) is 47.1 Å². The van der Waals surface area contributed by atoms with E-state index >= 15 is 0 Å². The first kappa shape index (κ1) is 16.4. The summed E-state index contributed by atoms with van der Waals surface area (Å²) in [4.78, 5) is 4.92. The van der Waals surface area contributed by atoms with Crippen molar-refractivity contribution in [2.45, 2.75) is 19.0 Å². The van der Waals surface area contributed by atoms with Gasteiger partial charge in [0.15, 0.2) is 0 Å². The van der Waals surface area contributed by atoms with Gasteiger partial charge in [-0.15, -0.1) is 0 Å². The maximum atomic E-state index is 2.57. The zero-order valence-corrected chi connectivity index (χ0v) is 15.4. The van der Waals surface area contributed by atoms with Gasteiger partial charge in [-0.3, -0.25) is 4.90 Å². The number of likely N-dealkylation sites (N-methyl/N-ethyl adjacent to an activating group) is 1. The third kappa shape index (κ3) is 3.35. The molecule has 1 saturated heterocycles. The van der Waals surface area contributed by atoms with E-state index in [1.54, 1.807) is 0 Å². The van der Waals surface area contributed by atoms with Crippen LogP contribution in [0.4, 0.5) is 0 Å². The number of aryl methyl sites for hydroxylation is 1. The molecular weight excluding hydrogens is 306 g/mol. The fourth-order valence-corrected chi connectivity index (χ4v) is 3.90. The normalized spacial score (nSPS) is 18.5. The van der Waals surface area contributed by atoms with E-state index < -0.39 is 0 Å². The molecule has 2 heterocycles.